The fourth-order valence-corrected chi connectivity index (χ4v) is 3.80. The summed E-state index contributed by atoms with van der Waals surface area (Å²) in [5, 5.41) is 0.492. The van der Waals surface area contributed by atoms with Gasteiger partial charge in [0.15, 0.2) is 11.5 Å². The minimum absolute atomic E-state index is 0.150. The Morgan fingerprint density at radius 3 is 2.52 bits per heavy atom. The van der Waals surface area contributed by atoms with Gasteiger partial charge in [0.25, 0.3) is 0 Å². The molecule has 0 amide bonds. The van der Waals surface area contributed by atoms with E-state index in [9.17, 15) is 0 Å². The van der Waals surface area contributed by atoms with Crippen LogP contribution in [0.15, 0.2) is 36.4 Å². The zero-order valence-corrected chi connectivity index (χ0v) is 12.8. The van der Waals surface area contributed by atoms with E-state index in [-0.39, 0.29) is 5.38 Å². The minimum atomic E-state index is -0.150. The van der Waals surface area contributed by atoms with Crippen LogP contribution >= 0.6 is 23.2 Å². The maximum absolute atomic E-state index is 6.70. The van der Waals surface area contributed by atoms with E-state index in [1.54, 1.807) is 0 Å². The number of fused-ring (bicyclic) bond motifs is 2. The number of hydrogen-bond donors (Lipinski definition) is 0. The molecular formula is C17H14Cl2O2. The smallest absolute Gasteiger partial charge is 0.162 e. The molecule has 1 heterocycles. The highest BCUT2D eigenvalue weighted by Crippen LogP contribution is 2.50. The van der Waals surface area contributed by atoms with E-state index in [0.29, 0.717) is 29.9 Å². The number of hydrogen-bond acceptors (Lipinski definition) is 2. The van der Waals surface area contributed by atoms with Crippen molar-refractivity contribution in [3.05, 3.63) is 58.1 Å². The number of ether oxygens (including phenoxy) is 2. The van der Waals surface area contributed by atoms with Crippen LogP contribution in [0.2, 0.25) is 5.02 Å². The molecule has 1 aliphatic heterocycles. The van der Waals surface area contributed by atoms with Gasteiger partial charge in [-0.15, -0.1) is 11.6 Å². The number of alkyl halides is 1. The lowest BCUT2D eigenvalue weighted by Gasteiger charge is -2.34. The van der Waals surface area contributed by atoms with Gasteiger partial charge < -0.3 is 9.47 Å². The average Bonchev–Trinajstić information content (AvgIpc) is 2.47. The molecule has 2 atom stereocenters. The Bertz CT molecular complexity index is 699. The zero-order chi connectivity index (χ0) is 14.4. The molecule has 0 spiro atoms. The Morgan fingerprint density at radius 2 is 1.76 bits per heavy atom. The summed E-state index contributed by atoms with van der Waals surface area (Å²) >= 11 is 13.1. The van der Waals surface area contributed by atoms with Crippen molar-refractivity contribution in [2.45, 2.75) is 17.7 Å². The summed E-state index contributed by atoms with van der Waals surface area (Å²) in [6.07, 6.45) is 0.995. The standard InChI is InChI=1S/C17H14Cl2O2/c18-14-9-16-15(20-5-6-21-16)8-13(14)17(19)12-7-10-3-1-2-4-11(10)12/h1-4,8-9,12,17H,5-7H2. The second kappa shape index (κ2) is 5.11. The molecule has 0 radical (unpaired) electrons. The Kier molecular flexibility index (Phi) is 3.24. The Balaban J connectivity index is 1.68. The molecule has 2 nitrogen and oxygen atoms in total. The van der Waals surface area contributed by atoms with E-state index in [1.807, 2.05) is 12.1 Å². The molecule has 2 aliphatic rings. The first-order valence-electron chi connectivity index (χ1n) is 7.05. The predicted molar refractivity (Wildman–Crippen MR) is 83.9 cm³/mol. The van der Waals surface area contributed by atoms with Crippen molar-refractivity contribution in [3.8, 4) is 11.5 Å². The lowest BCUT2D eigenvalue weighted by molar-refractivity contribution is 0.171. The van der Waals surface area contributed by atoms with Gasteiger partial charge in [0.05, 0.1) is 5.38 Å². The van der Waals surface area contributed by atoms with E-state index in [1.165, 1.54) is 11.1 Å². The first kappa shape index (κ1) is 13.3. The molecule has 0 saturated carbocycles. The molecule has 0 aromatic heterocycles. The van der Waals surface area contributed by atoms with E-state index >= 15 is 0 Å². The second-order valence-corrected chi connectivity index (χ2v) is 6.31. The van der Waals surface area contributed by atoms with Crippen LogP contribution in [-0.2, 0) is 6.42 Å². The average molecular weight is 321 g/mol. The van der Waals surface area contributed by atoms with Gasteiger partial charge in [-0.1, -0.05) is 35.9 Å². The van der Waals surface area contributed by atoms with E-state index < -0.39 is 0 Å². The van der Waals surface area contributed by atoms with Gasteiger partial charge >= 0.3 is 0 Å². The van der Waals surface area contributed by atoms with Crippen molar-refractivity contribution in [1.82, 2.24) is 0 Å². The molecule has 4 heteroatoms. The molecule has 1 aliphatic carbocycles. The van der Waals surface area contributed by atoms with E-state index in [0.717, 1.165) is 17.7 Å². The monoisotopic (exact) mass is 320 g/mol. The minimum Gasteiger partial charge on any atom is -0.486 e. The summed E-state index contributed by atoms with van der Waals surface area (Å²) in [4.78, 5) is 0. The molecule has 4 rings (SSSR count). The third-order valence-electron chi connectivity index (χ3n) is 4.21. The quantitative estimate of drug-likeness (QED) is 0.745. The normalized spacial score (nSPS) is 20.4. The van der Waals surface area contributed by atoms with Gasteiger partial charge in [-0.25, -0.2) is 0 Å². The van der Waals surface area contributed by atoms with Gasteiger partial charge in [-0.2, -0.15) is 0 Å². The molecule has 2 aromatic rings. The SMILES string of the molecule is Clc1cc2c(cc1C(Cl)C1Cc3ccccc31)OCCO2. The second-order valence-electron chi connectivity index (χ2n) is 5.43. The third-order valence-corrected chi connectivity index (χ3v) is 5.07. The zero-order valence-electron chi connectivity index (χ0n) is 11.3. The lowest BCUT2D eigenvalue weighted by atomic mass is 9.74. The highest BCUT2D eigenvalue weighted by molar-refractivity contribution is 6.33. The largest absolute Gasteiger partial charge is 0.486 e. The molecule has 0 fully saturated rings. The van der Waals surface area contributed by atoms with Crippen LogP contribution in [0.3, 0.4) is 0 Å². The number of benzene rings is 2. The Labute approximate surface area is 133 Å². The first-order valence-corrected chi connectivity index (χ1v) is 7.86. The number of halogens is 2. The van der Waals surface area contributed by atoms with Gasteiger partial charge in [0.1, 0.15) is 13.2 Å². The van der Waals surface area contributed by atoms with Crippen LogP contribution in [-0.4, -0.2) is 13.2 Å². The fraction of sp³-hybridized carbons (Fsp3) is 0.294. The van der Waals surface area contributed by atoms with Crippen molar-refractivity contribution in [1.29, 1.82) is 0 Å². The van der Waals surface area contributed by atoms with Gasteiger partial charge in [-0.05, 0) is 29.2 Å². The third kappa shape index (κ3) is 2.18. The Morgan fingerprint density at radius 1 is 1.05 bits per heavy atom. The van der Waals surface area contributed by atoms with E-state index in [2.05, 4.69) is 24.3 Å². The molecule has 0 saturated heterocycles. The Hall–Kier alpha value is -1.38. The maximum atomic E-state index is 6.70. The molecule has 2 aromatic carbocycles. The molecular weight excluding hydrogens is 307 g/mol. The summed E-state index contributed by atoms with van der Waals surface area (Å²) < 4.78 is 11.2. The van der Waals surface area contributed by atoms with Gasteiger partial charge in [0, 0.05) is 17.0 Å². The molecule has 21 heavy (non-hydrogen) atoms. The summed E-state index contributed by atoms with van der Waals surface area (Å²) in [6, 6.07) is 12.2. The molecule has 108 valence electrons. The van der Waals surface area contributed by atoms with Crippen molar-refractivity contribution in [2.75, 3.05) is 13.2 Å². The summed E-state index contributed by atoms with van der Waals surface area (Å²) in [5.41, 5.74) is 3.62. The van der Waals surface area contributed by atoms with Crippen LogP contribution < -0.4 is 9.47 Å². The highest BCUT2D eigenvalue weighted by atomic mass is 35.5. The summed E-state index contributed by atoms with van der Waals surface area (Å²) in [7, 11) is 0. The highest BCUT2D eigenvalue weighted by Gasteiger charge is 2.34. The van der Waals surface area contributed by atoms with Crippen molar-refractivity contribution < 1.29 is 9.47 Å². The van der Waals surface area contributed by atoms with Crippen LogP contribution in [0.1, 0.15) is 28.0 Å². The molecule has 0 N–H and O–H groups in total. The van der Waals surface area contributed by atoms with E-state index in [4.69, 9.17) is 32.7 Å². The predicted octanol–water partition coefficient (Wildman–Crippen LogP) is 4.73. The topological polar surface area (TPSA) is 18.5 Å². The maximum Gasteiger partial charge on any atom is 0.162 e. The summed E-state index contributed by atoms with van der Waals surface area (Å²) in [5.74, 6) is 1.75. The van der Waals surface area contributed by atoms with Crippen LogP contribution in [0.4, 0.5) is 0 Å². The van der Waals surface area contributed by atoms with Gasteiger partial charge in [0.2, 0.25) is 0 Å². The van der Waals surface area contributed by atoms with Crippen molar-refractivity contribution in [3.63, 3.8) is 0 Å². The summed E-state index contributed by atoms with van der Waals surface area (Å²) in [6.45, 7) is 1.12. The molecule has 2 unspecified atom stereocenters. The van der Waals surface area contributed by atoms with Crippen molar-refractivity contribution >= 4 is 23.2 Å². The first-order chi connectivity index (χ1) is 10.2. The van der Waals surface area contributed by atoms with Gasteiger partial charge in [-0.3, -0.25) is 0 Å². The van der Waals surface area contributed by atoms with Crippen molar-refractivity contribution in [2.24, 2.45) is 0 Å². The fourth-order valence-electron chi connectivity index (χ4n) is 3.07. The van der Waals surface area contributed by atoms with Crippen LogP contribution in [0, 0.1) is 0 Å². The number of rotatable bonds is 2. The molecule has 0 bridgehead atoms. The van der Waals surface area contributed by atoms with Crippen LogP contribution in [0.5, 0.6) is 11.5 Å². The lowest BCUT2D eigenvalue weighted by Crippen LogP contribution is -2.21. The van der Waals surface area contributed by atoms with Crippen LogP contribution in [0.25, 0.3) is 0 Å².